The van der Waals surface area contributed by atoms with Gasteiger partial charge in [-0.25, -0.2) is 14.2 Å². The van der Waals surface area contributed by atoms with E-state index in [-0.39, 0.29) is 23.5 Å². The van der Waals surface area contributed by atoms with Crippen LogP contribution in [0, 0.1) is 5.82 Å². The number of benzene rings is 2. The molecule has 8 heteroatoms. The Morgan fingerprint density at radius 3 is 2.55 bits per heavy atom. The number of hydrogen-bond donors (Lipinski definition) is 1. The lowest BCUT2D eigenvalue weighted by atomic mass is 9.96. The Kier molecular flexibility index (Phi) is 5.56. The summed E-state index contributed by atoms with van der Waals surface area (Å²) in [6, 6.07) is 11.4. The molecule has 31 heavy (non-hydrogen) atoms. The molecule has 0 saturated heterocycles. The monoisotopic (exact) mass is 438 g/mol. The van der Waals surface area contributed by atoms with E-state index in [1.165, 1.54) is 40.2 Å². The Bertz CT molecular complexity index is 1350. The van der Waals surface area contributed by atoms with E-state index < -0.39 is 17.8 Å². The summed E-state index contributed by atoms with van der Waals surface area (Å²) in [5.74, 6) is -0.850. The number of nitrogens with zero attached hydrogens (tertiary/aromatic N) is 2. The van der Waals surface area contributed by atoms with Gasteiger partial charge >= 0.3 is 5.97 Å². The number of fused-ring (bicyclic) bond motifs is 1. The lowest BCUT2D eigenvalue weighted by Crippen LogP contribution is -2.39. The molecule has 0 fully saturated rings. The molecule has 158 valence electrons. The van der Waals surface area contributed by atoms with Crippen molar-refractivity contribution in [2.75, 3.05) is 6.61 Å². The number of rotatable bonds is 4. The van der Waals surface area contributed by atoms with Crippen molar-refractivity contribution in [3.63, 3.8) is 0 Å². The van der Waals surface area contributed by atoms with Crippen molar-refractivity contribution in [2.45, 2.75) is 19.9 Å². The number of allylic oxidation sites excluding steroid dienone is 1. The zero-order chi connectivity index (χ0) is 22.1. The van der Waals surface area contributed by atoms with E-state index in [0.29, 0.717) is 20.6 Å². The van der Waals surface area contributed by atoms with Gasteiger partial charge in [0.2, 0.25) is 0 Å². The summed E-state index contributed by atoms with van der Waals surface area (Å²) in [5, 5.41) is 9.48. The first kappa shape index (κ1) is 20.7. The minimum atomic E-state index is -0.780. The van der Waals surface area contributed by atoms with Gasteiger partial charge in [0, 0.05) is 0 Å². The first-order valence-electron chi connectivity index (χ1n) is 9.63. The average molecular weight is 438 g/mol. The average Bonchev–Trinajstić information content (AvgIpc) is 3.04. The van der Waals surface area contributed by atoms with Crippen LogP contribution in [0.25, 0.3) is 6.08 Å². The first-order chi connectivity index (χ1) is 14.9. The molecular formula is C23H19FN2O4S. The minimum Gasteiger partial charge on any atom is -0.508 e. The van der Waals surface area contributed by atoms with Gasteiger partial charge in [-0.05, 0) is 55.3 Å². The molecule has 0 amide bonds. The number of carbonyl (C=O) groups excluding carboxylic acids is 1. The largest absolute Gasteiger partial charge is 0.508 e. The predicted octanol–water partition coefficient (Wildman–Crippen LogP) is 2.64. The Morgan fingerprint density at radius 1 is 1.23 bits per heavy atom. The normalized spacial score (nSPS) is 16.1. The SMILES string of the molecule is CCOC(=O)C1=C(C)N=c2sc(=Cc3ccc(O)cc3)c(=O)n2C1c1ccc(F)cc1. The highest BCUT2D eigenvalue weighted by Crippen LogP contribution is 2.30. The number of thiazole rings is 1. The van der Waals surface area contributed by atoms with Crippen LogP contribution in [0.5, 0.6) is 5.75 Å². The van der Waals surface area contributed by atoms with Crippen molar-refractivity contribution < 1.29 is 19.0 Å². The zero-order valence-corrected chi connectivity index (χ0v) is 17.6. The standard InChI is InChI=1S/C23H19FN2O4S/c1-3-30-22(29)19-13(2)25-23-26(20(19)15-6-8-16(24)9-7-15)21(28)18(31-23)12-14-4-10-17(27)11-5-14/h4-12,20,27H,3H2,1-2H3. The Morgan fingerprint density at radius 2 is 1.90 bits per heavy atom. The number of aromatic nitrogens is 1. The maximum absolute atomic E-state index is 13.5. The van der Waals surface area contributed by atoms with Crippen molar-refractivity contribution in [1.82, 2.24) is 4.57 Å². The second kappa shape index (κ2) is 8.31. The molecule has 2 heterocycles. The van der Waals surface area contributed by atoms with Gasteiger partial charge in [0.1, 0.15) is 11.6 Å². The van der Waals surface area contributed by atoms with E-state index in [1.54, 1.807) is 44.2 Å². The topological polar surface area (TPSA) is 80.9 Å². The molecule has 3 aromatic rings. The van der Waals surface area contributed by atoms with Crippen LogP contribution < -0.4 is 14.9 Å². The maximum atomic E-state index is 13.5. The molecule has 4 rings (SSSR count). The summed E-state index contributed by atoms with van der Waals surface area (Å²) in [7, 11) is 0. The van der Waals surface area contributed by atoms with Gasteiger partial charge < -0.3 is 9.84 Å². The van der Waals surface area contributed by atoms with Gasteiger partial charge in [0.15, 0.2) is 4.80 Å². The van der Waals surface area contributed by atoms with Crippen molar-refractivity contribution in [2.24, 2.45) is 4.99 Å². The van der Waals surface area contributed by atoms with Crippen LogP contribution >= 0.6 is 11.3 Å². The predicted molar refractivity (Wildman–Crippen MR) is 115 cm³/mol. The van der Waals surface area contributed by atoms with Crippen LogP contribution in [0.15, 0.2) is 69.6 Å². The summed E-state index contributed by atoms with van der Waals surface area (Å²) in [4.78, 5) is 31.0. The molecule has 6 nitrogen and oxygen atoms in total. The molecular weight excluding hydrogens is 419 g/mol. The summed E-state index contributed by atoms with van der Waals surface area (Å²) < 4.78 is 20.6. The number of esters is 1. The first-order valence-corrected chi connectivity index (χ1v) is 10.4. The molecule has 1 N–H and O–H groups in total. The third-order valence-corrected chi connectivity index (χ3v) is 5.88. The number of halogens is 1. The molecule has 1 atom stereocenters. The number of carbonyl (C=O) groups is 1. The summed E-state index contributed by atoms with van der Waals surface area (Å²) >= 11 is 1.20. The van der Waals surface area contributed by atoms with Crippen molar-refractivity contribution in [3.05, 3.63) is 96.4 Å². The maximum Gasteiger partial charge on any atom is 0.338 e. The third kappa shape index (κ3) is 3.94. The van der Waals surface area contributed by atoms with Crippen LogP contribution in [0.1, 0.15) is 31.0 Å². The molecule has 1 aromatic heterocycles. The van der Waals surface area contributed by atoms with E-state index in [2.05, 4.69) is 4.99 Å². The number of phenols is 1. The molecule has 0 saturated carbocycles. The van der Waals surface area contributed by atoms with E-state index in [9.17, 15) is 19.1 Å². The molecule has 1 aliphatic rings. The quantitative estimate of drug-likeness (QED) is 0.635. The Balaban J connectivity index is 1.94. The van der Waals surface area contributed by atoms with E-state index in [0.717, 1.165) is 5.56 Å². The van der Waals surface area contributed by atoms with E-state index >= 15 is 0 Å². The van der Waals surface area contributed by atoms with Crippen molar-refractivity contribution in [3.8, 4) is 5.75 Å². The summed E-state index contributed by atoms with van der Waals surface area (Å²) in [6.45, 7) is 3.57. The van der Waals surface area contributed by atoms with Gasteiger partial charge in [-0.1, -0.05) is 35.6 Å². The summed E-state index contributed by atoms with van der Waals surface area (Å²) in [6.07, 6.45) is 1.70. The lowest BCUT2D eigenvalue weighted by molar-refractivity contribution is -0.139. The smallest absolute Gasteiger partial charge is 0.338 e. The molecule has 1 unspecified atom stereocenters. The summed E-state index contributed by atoms with van der Waals surface area (Å²) in [5.41, 5.74) is 1.70. The van der Waals surface area contributed by atoms with Crippen LogP contribution in [0.3, 0.4) is 0 Å². The van der Waals surface area contributed by atoms with Gasteiger partial charge in [-0.15, -0.1) is 0 Å². The third-order valence-electron chi connectivity index (χ3n) is 4.89. The van der Waals surface area contributed by atoms with Gasteiger partial charge in [0.25, 0.3) is 5.56 Å². The van der Waals surface area contributed by atoms with Crippen LogP contribution in [0.4, 0.5) is 4.39 Å². The molecule has 1 aliphatic heterocycles. The number of ether oxygens (including phenoxy) is 1. The number of hydrogen-bond acceptors (Lipinski definition) is 6. The molecule has 0 spiro atoms. The second-order valence-corrected chi connectivity index (χ2v) is 7.95. The number of aromatic hydroxyl groups is 1. The van der Waals surface area contributed by atoms with Gasteiger partial charge in [-0.3, -0.25) is 9.36 Å². The van der Waals surface area contributed by atoms with Gasteiger partial charge in [-0.2, -0.15) is 0 Å². The lowest BCUT2D eigenvalue weighted by Gasteiger charge is -2.24. The van der Waals surface area contributed by atoms with E-state index in [1.807, 2.05) is 0 Å². The minimum absolute atomic E-state index is 0.129. The second-order valence-electron chi connectivity index (χ2n) is 6.95. The van der Waals surface area contributed by atoms with Crippen molar-refractivity contribution in [1.29, 1.82) is 0 Å². The fourth-order valence-electron chi connectivity index (χ4n) is 3.47. The molecule has 0 bridgehead atoms. The molecule has 2 aromatic carbocycles. The highest BCUT2D eigenvalue weighted by Gasteiger charge is 2.33. The van der Waals surface area contributed by atoms with Gasteiger partial charge in [0.05, 0.1) is 28.5 Å². The van der Waals surface area contributed by atoms with E-state index in [4.69, 9.17) is 4.74 Å². The Hall–Kier alpha value is -3.52. The highest BCUT2D eigenvalue weighted by atomic mass is 32.1. The van der Waals surface area contributed by atoms with Crippen LogP contribution in [-0.2, 0) is 9.53 Å². The van der Waals surface area contributed by atoms with Crippen molar-refractivity contribution >= 4 is 23.4 Å². The molecule has 0 aliphatic carbocycles. The Labute approximate surface area is 180 Å². The van der Waals surface area contributed by atoms with Crippen LogP contribution in [-0.4, -0.2) is 22.2 Å². The molecule has 0 radical (unpaired) electrons. The fourth-order valence-corrected chi connectivity index (χ4v) is 4.52. The fraction of sp³-hybridized carbons (Fsp3) is 0.174. The van der Waals surface area contributed by atoms with Crippen LogP contribution in [0.2, 0.25) is 0 Å². The zero-order valence-electron chi connectivity index (χ0n) is 16.8. The highest BCUT2D eigenvalue weighted by molar-refractivity contribution is 7.07. The number of phenolic OH excluding ortho intramolecular Hbond substituents is 1.